The lowest BCUT2D eigenvalue weighted by Crippen LogP contribution is -2.49. The summed E-state index contributed by atoms with van der Waals surface area (Å²) >= 11 is 2.84. The van der Waals surface area contributed by atoms with E-state index in [0.717, 1.165) is 0 Å². The molecular weight excluding hydrogens is 486 g/mol. The van der Waals surface area contributed by atoms with Gasteiger partial charge < -0.3 is 20.0 Å². The molecule has 2 aliphatic carbocycles. The quantitative estimate of drug-likeness (QED) is 0.351. The van der Waals surface area contributed by atoms with E-state index in [2.05, 4.69) is 26.0 Å². The number of hydrogen-bond acceptors (Lipinski definition) is 10. The molecule has 2 amide bonds. The second-order valence-electron chi connectivity index (χ2n) is 9.18. The van der Waals surface area contributed by atoms with Gasteiger partial charge in [0.05, 0.1) is 11.8 Å². The van der Waals surface area contributed by atoms with Crippen molar-refractivity contribution in [2.45, 2.75) is 55.7 Å². The van der Waals surface area contributed by atoms with Gasteiger partial charge in [0.1, 0.15) is 18.0 Å². The number of H-pyrrole nitrogens is 1. The van der Waals surface area contributed by atoms with Crippen LogP contribution in [0.1, 0.15) is 33.6 Å². The third-order valence-corrected chi connectivity index (χ3v) is 7.50. The molecule has 1 unspecified atom stereocenters. The summed E-state index contributed by atoms with van der Waals surface area (Å²) in [6.45, 7) is 5.11. The average molecular weight is 516 g/mol. The first-order valence-corrected chi connectivity index (χ1v) is 13.0. The maximum absolute atomic E-state index is 12.8. The van der Waals surface area contributed by atoms with Crippen LogP contribution in [0.15, 0.2) is 11.5 Å². The van der Waals surface area contributed by atoms with Crippen LogP contribution in [0.4, 0.5) is 4.79 Å². The molecule has 6 atom stereocenters. The molecule has 0 spiro atoms. The Balaban J connectivity index is 1.57. The predicted molar refractivity (Wildman–Crippen MR) is 123 cm³/mol. The van der Waals surface area contributed by atoms with Gasteiger partial charge in [0.2, 0.25) is 0 Å². The van der Waals surface area contributed by atoms with Crippen molar-refractivity contribution in [2.24, 2.45) is 23.7 Å². The van der Waals surface area contributed by atoms with Crippen LogP contribution in [0.5, 0.6) is 0 Å². The van der Waals surface area contributed by atoms with Crippen LogP contribution in [-0.4, -0.2) is 73.1 Å². The number of hydroxylamine groups is 1. The molecule has 0 aliphatic heterocycles. The van der Waals surface area contributed by atoms with Crippen LogP contribution >= 0.6 is 23.5 Å². The van der Waals surface area contributed by atoms with Gasteiger partial charge in [0, 0.05) is 5.25 Å². The van der Waals surface area contributed by atoms with Gasteiger partial charge >= 0.3 is 18.0 Å². The molecule has 2 saturated carbocycles. The second-order valence-corrected chi connectivity index (χ2v) is 11.4. The third-order valence-electron chi connectivity index (χ3n) is 5.63. The van der Waals surface area contributed by atoms with Gasteiger partial charge in [-0.1, -0.05) is 11.8 Å². The first-order chi connectivity index (χ1) is 16.0. The number of aromatic amines is 1. The fourth-order valence-electron chi connectivity index (χ4n) is 4.23. The summed E-state index contributed by atoms with van der Waals surface area (Å²) in [7, 11) is 0. The minimum Gasteiger partial charge on any atom is -0.481 e. The van der Waals surface area contributed by atoms with Crippen LogP contribution < -0.4 is 10.8 Å². The lowest BCUT2D eigenvalue weighted by molar-refractivity contribution is -0.163. The number of carbonyl (C=O) groups excluding carboxylic acids is 3. The molecule has 0 saturated heterocycles. The number of hydrogen-bond donors (Lipinski definition) is 4. The Morgan fingerprint density at radius 2 is 2.03 bits per heavy atom. The average Bonchev–Trinajstić information content (AvgIpc) is 3.07. The zero-order valence-corrected chi connectivity index (χ0v) is 20.9. The Kier molecular flexibility index (Phi) is 8.34. The van der Waals surface area contributed by atoms with Crippen LogP contribution in [0.25, 0.3) is 0 Å². The highest BCUT2D eigenvalue weighted by molar-refractivity contribution is 7.99. The molecular formula is C20H29N5O7S2. The summed E-state index contributed by atoms with van der Waals surface area (Å²) in [5, 5.41) is 18.9. The van der Waals surface area contributed by atoms with Crippen LogP contribution in [0.2, 0.25) is 0 Å². The Morgan fingerprint density at radius 1 is 1.29 bits per heavy atom. The Bertz CT molecular complexity index is 908. The van der Waals surface area contributed by atoms with E-state index in [4.69, 9.17) is 9.57 Å². The molecule has 0 bridgehead atoms. The van der Waals surface area contributed by atoms with Gasteiger partial charge in [-0.2, -0.15) is 22.3 Å². The molecule has 1 aromatic rings. The molecule has 34 heavy (non-hydrogen) atoms. The minimum atomic E-state index is -0.964. The number of carboxylic acid groups (broad SMARTS) is 1. The molecule has 0 aromatic carbocycles. The largest absolute Gasteiger partial charge is 0.481 e. The van der Waals surface area contributed by atoms with Crippen LogP contribution in [0.3, 0.4) is 0 Å². The van der Waals surface area contributed by atoms with Gasteiger partial charge in [-0.15, -0.1) is 0 Å². The summed E-state index contributed by atoms with van der Waals surface area (Å²) in [4.78, 5) is 58.2. The van der Waals surface area contributed by atoms with Gasteiger partial charge in [-0.05, 0) is 57.5 Å². The number of aliphatic carboxylic acids is 1. The lowest BCUT2D eigenvalue weighted by Gasteiger charge is -2.23. The summed E-state index contributed by atoms with van der Waals surface area (Å²) in [5.41, 5.74) is 1.39. The van der Waals surface area contributed by atoms with Crippen molar-refractivity contribution in [3.05, 3.63) is 6.33 Å². The first-order valence-electron chi connectivity index (χ1n) is 10.8. The molecule has 3 rings (SSSR count). The van der Waals surface area contributed by atoms with Crippen molar-refractivity contribution in [3.63, 3.8) is 0 Å². The number of carbonyl (C=O) groups is 4. The molecule has 1 aromatic heterocycles. The number of thioether (sulfide) groups is 2. The van der Waals surface area contributed by atoms with E-state index in [0.29, 0.717) is 23.8 Å². The van der Waals surface area contributed by atoms with Crippen LogP contribution in [-0.2, 0) is 24.0 Å². The Morgan fingerprint density at radius 3 is 2.62 bits per heavy atom. The molecule has 4 N–H and O–H groups in total. The van der Waals surface area contributed by atoms with E-state index in [1.54, 1.807) is 20.8 Å². The number of carboxylic acids is 1. The maximum atomic E-state index is 12.8. The highest BCUT2D eigenvalue weighted by Gasteiger charge is 2.68. The number of ether oxygens (including phenoxy) is 1. The normalized spacial score (nSPS) is 26.2. The number of rotatable bonds is 9. The zero-order valence-electron chi connectivity index (χ0n) is 19.3. The molecule has 12 nitrogen and oxygen atoms in total. The van der Waals surface area contributed by atoms with Crippen LogP contribution in [0, 0.1) is 23.7 Å². The first kappa shape index (κ1) is 26.1. The number of fused-ring (bicyclic) bond motifs is 1. The van der Waals surface area contributed by atoms with Crippen molar-refractivity contribution < 1.29 is 33.9 Å². The SMILES string of the molecule is CSCCC(NC(=O)OC(C)(C)C)C(=O)NOC(=O)[C@H]1C[C@H](Sc2ncn[nH]2)[C@H]2[C@H](C(=O)O)[C@H]21. The number of alkyl carbamates (subject to hydrolysis) is 1. The molecule has 2 fully saturated rings. The van der Waals surface area contributed by atoms with E-state index < -0.39 is 47.4 Å². The molecule has 188 valence electrons. The summed E-state index contributed by atoms with van der Waals surface area (Å²) < 4.78 is 5.20. The molecule has 2 aliphatic rings. The number of nitrogens with zero attached hydrogens (tertiary/aromatic N) is 2. The van der Waals surface area contributed by atoms with E-state index in [-0.39, 0.29) is 17.1 Å². The van der Waals surface area contributed by atoms with E-state index in [1.807, 2.05) is 6.26 Å². The smallest absolute Gasteiger partial charge is 0.408 e. The van der Waals surface area contributed by atoms with Crippen molar-refractivity contribution in [2.75, 3.05) is 12.0 Å². The number of aromatic nitrogens is 3. The standard InChI is InChI=1S/C20H29N5O7S2/c1-20(2,3)31-19(30)23-10(5-6-33-4)15(26)25-32-17(29)9-7-11(34-18-21-8-22-24-18)13-12(9)14(13)16(27)28/h8-14H,5-7H2,1-4H3,(H,23,30)(H,25,26)(H,27,28)(H,21,22,24)/t9-,10?,11-,12-,13+,14+/m0/s1. The number of nitrogens with one attached hydrogen (secondary N) is 3. The van der Waals surface area contributed by atoms with Crippen molar-refractivity contribution >= 4 is 47.5 Å². The molecule has 0 radical (unpaired) electrons. The summed E-state index contributed by atoms with van der Waals surface area (Å²) in [5.74, 6) is -3.65. The van der Waals surface area contributed by atoms with Crippen molar-refractivity contribution in [1.29, 1.82) is 0 Å². The topological polar surface area (TPSA) is 173 Å². The third kappa shape index (κ3) is 6.56. The second kappa shape index (κ2) is 10.8. The highest BCUT2D eigenvalue weighted by Crippen LogP contribution is 2.64. The Labute approximate surface area is 205 Å². The van der Waals surface area contributed by atoms with Crippen molar-refractivity contribution in [3.8, 4) is 0 Å². The maximum Gasteiger partial charge on any atom is 0.408 e. The summed E-state index contributed by atoms with van der Waals surface area (Å²) in [6, 6.07) is -0.964. The highest BCUT2D eigenvalue weighted by atomic mass is 32.2. The van der Waals surface area contributed by atoms with Gasteiger partial charge in [-0.3, -0.25) is 14.7 Å². The van der Waals surface area contributed by atoms with Gasteiger partial charge in [0.25, 0.3) is 5.91 Å². The fraction of sp³-hybridized carbons (Fsp3) is 0.700. The van der Waals surface area contributed by atoms with Crippen molar-refractivity contribution in [1.82, 2.24) is 26.0 Å². The van der Waals surface area contributed by atoms with E-state index in [9.17, 15) is 24.3 Å². The van der Waals surface area contributed by atoms with Gasteiger partial charge in [-0.25, -0.2) is 14.6 Å². The molecule has 14 heteroatoms. The lowest BCUT2D eigenvalue weighted by atomic mass is 10.00. The number of amides is 2. The predicted octanol–water partition coefficient (Wildman–Crippen LogP) is 1.45. The summed E-state index contributed by atoms with van der Waals surface area (Å²) in [6.07, 6.45) is 3.16. The monoisotopic (exact) mass is 515 g/mol. The Hall–Kier alpha value is -2.48. The van der Waals surface area contributed by atoms with Gasteiger partial charge in [0.15, 0.2) is 5.16 Å². The fourth-order valence-corrected chi connectivity index (χ4v) is 6.01. The van der Waals surface area contributed by atoms with E-state index in [1.165, 1.54) is 29.9 Å². The van der Waals surface area contributed by atoms with E-state index >= 15 is 0 Å². The minimum absolute atomic E-state index is 0.143. The zero-order chi connectivity index (χ0) is 25.0. The molecule has 1 heterocycles.